The van der Waals surface area contributed by atoms with Gasteiger partial charge >= 0.3 is 0 Å². The van der Waals surface area contributed by atoms with Crippen LogP contribution in [0.2, 0.25) is 0 Å². The molecule has 0 spiro atoms. The van der Waals surface area contributed by atoms with Gasteiger partial charge in [-0.3, -0.25) is 10.1 Å². The molecule has 0 amide bonds. The minimum absolute atomic E-state index is 0.0590. The van der Waals surface area contributed by atoms with Gasteiger partial charge in [-0.15, -0.1) is 0 Å². The summed E-state index contributed by atoms with van der Waals surface area (Å²) in [4.78, 5) is 11.3. The van der Waals surface area contributed by atoms with Gasteiger partial charge in [0.2, 0.25) is 0 Å². The van der Waals surface area contributed by atoms with Crippen molar-refractivity contribution in [2.45, 2.75) is 25.8 Å². The Labute approximate surface area is 115 Å². The van der Waals surface area contributed by atoms with E-state index in [1.165, 1.54) is 0 Å². The second kappa shape index (κ2) is 5.70. The SMILES string of the molecule is CC(N)C1CCN(c2c(F)cc([N+](=O)[O-])cc2F)CC1. The van der Waals surface area contributed by atoms with E-state index < -0.39 is 22.2 Å². The fraction of sp³-hybridized carbons (Fsp3) is 0.538. The Morgan fingerprint density at radius 3 is 2.25 bits per heavy atom. The van der Waals surface area contributed by atoms with Crippen molar-refractivity contribution < 1.29 is 13.7 Å². The molecule has 0 aromatic heterocycles. The quantitative estimate of drug-likeness (QED) is 0.684. The summed E-state index contributed by atoms with van der Waals surface area (Å²) in [5.74, 6) is -1.44. The van der Waals surface area contributed by atoms with Crippen LogP contribution < -0.4 is 10.6 Å². The minimum Gasteiger partial charge on any atom is -0.367 e. The summed E-state index contributed by atoms with van der Waals surface area (Å²) in [6, 6.07) is 1.58. The highest BCUT2D eigenvalue weighted by atomic mass is 19.1. The molecule has 1 aromatic rings. The number of hydrogen-bond donors (Lipinski definition) is 1. The Kier molecular flexibility index (Phi) is 4.17. The molecule has 1 heterocycles. The summed E-state index contributed by atoms with van der Waals surface area (Å²) in [5, 5.41) is 10.6. The Bertz CT molecular complexity index is 491. The molecule has 2 rings (SSSR count). The summed E-state index contributed by atoms with van der Waals surface area (Å²) in [7, 11) is 0. The first-order valence-electron chi connectivity index (χ1n) is 6.54. The van der Waals surface area contributed by atoms with E-state index in [-0.39, 0.29) is 11.7 Å². The van der Waals surface area contributed by atoms with Crippen molar-refractivity contribution in [1.29, 1.82) is 0 Å². The van der Waals surface area contributed by atoms with Crippen LogP contribution >= 0.6 is 0 Å². The fourth-order valence-corrected chi connectivity index (χ4v) is 2.61. The van der Waals surface area contributed by atoms with E-state index in [0.29, 0.717) is 19.0 Å². The lowest BCUT2D eigenvalue weighted by molar-refractivity contribution is -0.385. The number of anilines is 1. The fourth-order valence-electron chi connectivity index (χ4n) is 2.61. The Morgan fingerprint density at radius 1 is 1.35 bits per heavy atom. The molecule has 1 fully saturated rings. The van der Waals surface area contributed by atoms with Gasteiger partial charge in [-0.2, -0.15) is 0 Å². The number of hydrogen-bond acceptors (Lipinski definition) is 4. The first-order chi connectivity index (χ1) is 9.40. The van der Waals surface area contributed by atoms with Gasteiger partial charge in [-0.05, 0) is 25.7 Å². The zero-order valence-corrected chi connectivity index (χ0v) is 11.2. The summed E-state index contributed by atoms with van der Waals surface area (Å²) < 4.78 is 27.8. The molecule has 1 aliphatic heterocycles. The van der Waals surface area contributed by atoms with Crippen molar-refractivity contribution in [3.8, 4) is 0 Å². The van der Waals surface area contributed by atoms with Crippen LogP contribution in [0.4, 0.5) is 20.2 Å². The van der Waals surface area contributed by atoms with Gasteiger partial charge in [0, 0.05) is 19.1 Å². The van der Waals surface area contributed by atoms with Gasteiger partial charge in [0.1, 0.15) is 5.69 Å². The first kappa shape index (κ1) is 14.6. The maximum Gasteiger partial charge on any atom is 0.275 e. The van der Waals surface area contributed by atoms with Crippen LogP contribution in [0.25, 0.3) is 0 Å². The molecule has 5 nitrogen and oxygen atoms in total. The number of nitro benzene ring substituents is 1. The first-order valence-corrected chi connectivity index (χ1v) is 6.54. The average molecular weight is 285 g/mol. The van der Waals surface area contributed by atoms with Crippen LogP contribution in [0, 0.1) is 27.7 Å². The highest BCUT2D eigenvalue weighted by Crippen LogP contribution is 2.31. The summed E-state index contributed by atoms with van der Waals surface area (Å²) in [5.41, 5.74) is 5.07. The molecule has 1 aliphatic rings. The summed E-state index contributed by atoms with van der Waals surface area (Å²) >= 11 is 0. The van der Waals surface area contributed by atoms with Crippen LogP contribution in [-0.2, 0) is 0 Å². The van der Waals surface area contributed by atoms with Gasteiger partial charge in [-0.25, -0.2) is 8.78 Å². The second-order valence-corrected chi connectivity index (χ2v) is 5.20. The van der Waals surface area contributed by atoms with E-state index in [2.05, 4.69) is 0 Å². The number of non-ortho nitro benzene ring substituents is 1. The molecule has 1 aromatic carbocycles. The van der Waals surface area contributed by atoms with Crippen LogP contribution in [0.5, 0.6) is 0 Å². The number of rotatable bonds is 3. The Hall–Kier alpha value is -1.76. The van der Waals surface area contributed by atoms with E-state index >= 15 is 0 Å². The van der Waals surface area contributed by atoms with Crippen molar-refractivity contribution in [3.05, 3.63) is 33.9 Å². The predicted octanol–water partition coefficient (Wildman–Crippen LogP) is 2.44. The highest BCUT2D eigenvalue weighted by molar-refractivity contribution is 5.54. The normalized spacial score (nSPS) is 18.1. The molecule has 0 bridgehead atoms. The van der Waals surface area contributed by atoms with Crippen molar-refractivity contribution in [3.63, 3.8) is 0 Å². The number of piperidine rings is 1. The molecule has 1 unspecified atom stereocenters. The molecule has 1 atom stereocenters. The number of nitrogens with zero attached hydrogens (tertiary/aromatic N) is 2. The molecule has 0 aliphatic carbocycles. The third kappa shape index (κ3) is 2.87. The van der Waals surface area contributed by atoms with Crippen molar-refractivity contribution in [2.75, 3.05) is 18.0 Å². The largest absolute Gasteiger partial charge is 0.367 e. The molecule has 1 saturated heterocycles. The summed E-state index contributed by atoms with van der Waals surface area (Å²) in [6.45, 7) is 2.92. The minimum atomic E-state index is -0.893. The van der Waals surface area contributed by atoms with Gasteiger partial charge in [0.05, 0.1) is 17.1 Å². The standard InChI is InChI=1S/C13H17F2N3O2/c1-8(16)9-2-4-17(5-3-9)13-11(14)6-10(18(19)20)7-12(13)15/h6-9H,2-5,16H2,1H3. The predicted molar refractivity (Wildman–Crippen MR) is 71.6 cm³/mol. The van der Waals surface area contributed by atoms with Gasteiger partial charge in [0.15, 0.2) is 11.6 Å². The smallest absolute Gasteiger partial charge is 0.275 e. The van der Waals surface area contributed by atoms with Gasteiger partial charge in [0.25, 0.3) is 5.69 Å². The van der Waals surface area contributed by atoms with Crippen molar-refractivity contribution in [1.82, 2.24) is 0 Å². The zero-order chi connectivity index (χ0) is 14.9. The van der Waals surface area contributed by atoms with Crippen LogP contribution in [0.15, 0.2) is 12.1 Å². The zero-order valence-electron chi connectivity index (χ0n) is 11.2. The molecule has 110 valence electrons. The molecular formula is C13H17F2N3O2. The third-order valence-corrected chi connectivity index (χ3v) is 3.81. The van der Waals surface area contributed by atoms with E-state index in [1.54, 1.807) is 4.90 Å². The number of benzene rings is 1. The lowest BCUT2D eigenvalue weighted by atomic mass is 9.90. The highest BCUT2D eigenvalue weighted by Gasteiger charge is 2.27. The molecule has 0 saturated carbocycles. The van der Waals surface area contributed by atoms with E-state index in [4.69, 9.17) is 5.73 Å². The van der Waals surface area contributed by atoms with Crippen LogP contribution in [0.1, 0.15) is 19.8 Å². The molecule has 20 heavy (non-hydrogen) atoms. The third-order valence-electron chi connectivity index (χ3n) is 3.81. The number of nitrogens with two attached hydrogens (primary N) is 1. The average Bonchev–Trinajstić information content (AvgIpc) is 2.38. The second-order valence-electron chi connectivity index (χ2n) is 5.20. The van der Waals surface area contributed by atoms with Gasteiger partial charge < -0.3 is 10.6 Å². The van der Waals surface area contributed by atoms with Crippen LogP contribution in [0.3, 0.4) is 0 Å². The Balaban J connectivity index is 2.20. The lowest BCUT2D eigenvalue weighted by Gasteiger charge is -2.35. The monoisotopic (exact) mass is 285 g/mol. The summed E-state index contributed by atoms with van der Waals surface area (Å²) in [6.07, 6.45) is 1.51. The van der Waals surface area contributed by atoms with E-state index in [0.717, 1.165) is 25.0 Å². The van der Waals surface area contributed by atoms with Gasteiger partial charge in [-0.1, -0.05) is 0 Å². The van der Waals surface area contributed by atoms with E-state index in [9.17, 15) is 18.9 Å². The Morgan fingerprint density at radius 2 is 1.85 bits per heavy atom. The van der Waals surface area contributed by atoms with E-state index in [1.807, 2.05) is 6.92 Å². The van der Waals surface area contributed by atoms with Crippen LogP contribution in [-0.4, -0.2) is 24.1 Å². The maximum atomic E-state index is 13.9. The molecule has 7 heteroatoms. The molecule has 0 radical (unpaired) electrons. The lowest BCUT2D eigenvalue weighted by Crippen LogP contribution is -2.40. The number of nitro groups is 1. The molecule has 2 N–H and O–H groups in total. The van der Waals surface area contributed by atoms with Crippen molar-refractivity contribution in [2.24, 2.45) is 11.7 Å². The molecular weight excluding hydrogens is 268 g/mol. The maximum absolute atomic E-state index is 13.9. The topological polar surface area (TPSA) is 72.4 Å². The number of halogens is 2. The van der Waals surface area contributed by atoms with Crippen molar-refractivity contribution >= 4 is 11.4 Å².